The van der Waals surface area contributed by atoms with Gasteiger partial charge in [0.05, 0.1) is 24.2 Å². The summed E-state index contributed by atoms with van der Waals surface area (Å²) in [6.45, 7) is 10.1. The molecule has 0 aliphatic carbocycles. The first-order valence-electron chi connectivity index (χ1n) is 8.02. The van der Waals surface area contributed by atoms with E-state index in [2.05, 4.69) is 25.2 Å². The molecule has 0 bridgehead atoms. The summed E-state index contributed by atoms with van der Waals surface area (Å²) < 4.78 is 5.02. The van der Waals surface area contributed by atoms with E-state index in [9.17, 15) is 10.1 Å². The van der Waals surface area contributed by atoms with Crippen LogP contribution < -0.4 is 10.1 Å². The summed E-state index contributed by atoms with van der Waals surface area (Å²) in [5.74, 6) is 0.854. The number of thioether (sulfide) groups is 1. The molecule has 1 heterocycles. The number of benzene rings is 1. The summed E-state index contributed by atoms with van der Waals surface area (Å²) in [6.07, 6.45) is 0. The van der Waals surface area contributed by atoms with Crippen LogP contribution in [0.5, 0.6) is 5.75 Å². The van der Waals surface area contributed by atoms with Crippen LogP contribution in [0.1, 0.15) is 33.3 Å². The van der Waals surface area contributed by atoms with Gasteiger partial charge in [0, 0.05) is 4.75 Å². The summed E-state index contributed by atoms with van der Waals surface area (Å²) >= 11 is 1.68. The van der Waals surface area contributed by atoms with E-state index in [0.29, 0.717) is 11.4 Å². The number of carbonyl (C=O) groups is 1. The highest BCUT2D eigenvalue weighted by Crippen LogP contribution is 2.47. The molecule has 1 aromatic rings. The number of nitrogens with one attached hydrogen (secondary N) is 1. The fourth-order valence-electron chi connectivity index (χ4n) is 2.92. The average molecular weight is 347 g/mol. The van der Waals surface area contributed by atoms with Crippen molar-refractivity contribution in [2.75, 3.05) is 12.4 Å². The Kier molecular flexibility index (Phi) is 5.34. The zero-order valence-electron chi connectivity index (χ0n) is 15.1. The van der Waals surface area contributed by atoms with Crippen molar-refractivity contribution in [3.63, 3.8) is 0 Å². The zero-order chi connectivity index (χ0) is 18.1. The van der Waals surface area contributed by atoms with Gasteiger partial charge in [-0.25, -0.2) is 4.79 Å². The highest BCUT2D eigenvalue weighted by molar-refractivity contribution is 8.01. The molecule has 1 aliphatic heterocycles. The van der Waals surface area contributed by atoms with E-state index in [-0.39, 0.29) is 22.1 Å². The van der Waals surface area contributed by atoms with Gasteiger partial charge in [-0.3, -0.25) is 4.90 Å². The Morgan fingerprint density at radius 1 is 1.46 bits per heavy atom. The minimum Gasteiger partial charge on any atom is -0.495 e. The van der Waals surface area contributed by atoms with Crippen LogP contribution in [0.3, 0.4) is 0 Å². The molecular weight excluding hydrogens is 322 g/mol. The number of anilines is 1. The van der Waals surface area contributed by atoms with Gasteiger partial charge in [-0.2, -0.15) is 5.26 Å². The van der Waals surface area contributed by atoms with Gasteiger partial charge < -0.3 is 10.1 Å². The Morgan fingerprint density at radius 2 is 2.12 bits per heavy atom. The van der Waals surface area contributed by atoms with Crippen LogP contribution in [-0.4, -0.2) is 34.2 Å². The van der Waals surface area contributed by atoms with Gasteiger partial charge in [0.1, 0.15) is 11.8 Å². The van der Waals surface area contributed by atoms with Crippen LogP contribution in [0.4, 0.5) is 10.5 Å². The molecule has 5 nitrogen and oxygen atoms in total. The minimum absolute atomic E-state index is 0.0412. The quantitative estimate of drug-likeness (QED) is 0.888. The number of amides is 2. The molecule has 130 valence electrons. The Morgan fingerprint density at radius 3 is 2.67 bits per heavy atom. The fourth-order valence-corrected chi connectivity index (χ4v) is 4.44. The first-order chi connectivity index (χ1) is 11.2. The maximum atomic E-state index is 13.0. The molecule has 2 rings (SSSR count). The summed E-state index contributed by atoms with van der Waals surface area (Å²) in [7, 11) is 1.57. The maximum Gasteiger partial charge on any atom is 0.323 e. The summed E-state index contributed by atoms with van der Waals surface area (Å²) in [5.41, 5.74) is 1.65. The molecular formula is C18H25N3O2S. The molecule has 2 unspecified atom stereocenters. The van der Waals surface area contributed by atoms with E-state index in [1.165, 1.54) is 0 Å². The maximum absolute atomic E-state index is 13.0. The molecule has 0 aromatic heterocycles. The van der Waals surface area contributed by atoms with Gasteiger partial charge in [0.25, 0.3) is 0 Å². The van der Waals surface area contributed by atoms with E-state index in [1.54, 1.807) is 23.8 Å². The SMILES string of the molecule is COc1ccc(C)cc1NC(=O)N1C(C(C)C)SC(C)(C)C1C#N. The number of nitriles is 1. The van der Waals surface area contributed by atoms with Crippen molar-refractivity contribution >= 4 is 23.5 Å². The number of urea groups is 1. The van der Waals surface area contributed by atoms with Crippen molar-refractivity contribution in [2.24, 2.45) is 5.92 Å². The van der Waals surface area contributed by atoms with Gasteiger partial charge in [-0.15, -0.1) is 11.8 Å². The van der Waals surface area contributed by atoms with E-state index in [4.69, 9.17) is 4.74 Å². The second-order valence-corrected chi connectivity index (χ2v) is 8.70. The van der Waals surface area contributed by atoms with E-state index < -0.39 is 6.04 Å². The topological polar surface area (TPSA) is 65.4 Å². The predicted molar refractivity (Wildman–Crippen MR) is 98.3 cm³/mol. The largest absolute Gasteiger partial charge is 0.495 e. The third-order valence-electron chi connectivity index (χ3n) is 4.16. The van der Waals surface area contributed by atoms with Crippen molar-refractivity contribution in [3.8, 4) is 11.8 Å². The molecule has 1 fully saturated rings. The van der Waals surface area contributed by atoms with Crippen molar-refractivity contribution in [1.82, 2.24) is 4.90 Å². The van der Waals surface area contributed by atoms with Crippen LogP contribution in [0.2, 0.25) is 0 Å². The highest BCUT2D eigenvalue weighted by atomic mass is 32.2. The van der Waals surface area contributed by atoms with Crippen molar-refractivity contribution in [2.45, 2.75) is 50.8 Å². The molecule has 24 heavy (non-hydrogen) atoms. The molecule has 2 amide bonds. The number of hydrogen-bond acceptors (Lipinski definition) is 4. The second kappa shape index (κ2) is 6.94. The van der Waals surface area contributed by atoms with Crippen molar-refractivity contribution in [1.29, 1.82) is 5.26 Å². The molecule has 1 N–H and O–H groups in total. The third kappa shape index (κ3) is 3.46. The lowest BCUT2D eigenvalue weighted by Crippen LogP contribution is -2.48. The van der Waals surface area contributed by atoms with E-state index in [1.807, 2.05) is 39.0 Å². The Bertz CT molecular complexity index is 667. The van der Waals surface area contributed by atoms with E-state index in [0.717, 1.165) is 5.56 Å². The van der Waals surface area contributed by atoms with Crippen molar-refractivity contribution < 1.29 is 9.53 Å². The first kappa shape index (κ1) is 18.5. The van der Waals surface area contributed by atoms with E-state index >= 15 is 0 Å². The number of methoxy groups -OCH3 is 1. The summed E-state index contributed by atoms with van der Waals surface area (Å²) in [5, 5.41) is 12.5. The molecule has 0 spiro atoms. The van der Waals surface area contributed by atoms with Gasteiger partial charge in [-0.1, -0.05) is 19.9 Å². The van der Waals surface area contributed by atoms with Crippen LogP contribution >= 0.6 is 11.8 Å². The van der Waals surface area contributed by atoms with Crippen LogP contribution in [0.15, 0.2) is 18.2 Å². The lowest BCUT2D eigenvalue weighted by Gasteiger charge is -2.30. The standard InChI is InChI=1S/C18H25N3O2S/c1-11(2)16-21(15(10-19)18(4,5)24-16)17(22)20-13-9-12(3)7-8-14(13)23-6/h7-9,11,15-16H,1-6H3,(H,20,22). The van der Waals surface area contributed by atoms with Gasteiger partial charge in [0.15, 0.2) is 0 Å². The first-order valence-corrected chi connectivity index (χ1v) is 8.90. The van der Waals surface area contributed by atoms with Gasteiger partial charge >= 0.3 is 6.03 Å². The predicted octanol–water partition coefficient (Wildman–Crippen LogP) is 4.24. The molecule has 1 aliphatic rings. The number of ether oxygens (including phenoxy) is 1. The average Bonchev–Trinajstić information content (AvgIpc) is 2.78. The number of carbonyl (C=O) groups excluding carboxylic acids is 1. The van der Waals surface area contributed by atoms with Gasteiger partial charge in [-0.05, 0) is 44.4 Å². The molecule has 2 atom stereocenters. The molecule has 6 heteroatoms. The summed E-state index contributed by atoms with van der Waals surface area (Å²) in [4.78, 5) is 14.6. The Hall–Kier alpha value is -1.87. The lowest BCUT2D eigenvalue weighted by molar-refractivity contribution is 0.184. The van der Waals surface area contributed by atoms with Gasteiger partial charge in [0.2, 0.25) is 0 Å². The highest BCUT2D eigenvalue weighted by Gasteiger charge is 2.50. The number of nitrogens with zero attached hydrogens (tertiary/aromatic N) is 2. The number of aryl methyl sites for hydroxylation is 1. The number of hydrogen-bond donors (Lipinski definition) is 1. The van der Waals surface area contributed by atoms with Crippen LogP contribution in [0.25, 0.3) is 0 Å². The van der Waals surface area contributed by atoms with Crippen molar-refractivity contribution in [3.05, 3.63) is 23.8 Å². The number of rotatable bonds is 3. The smallest absolute Gasteiger partial charge is 0.323 e. The Labute approximate surface area is 148 Å². The zero-order valence-corrected chi connectivity index (χ0v) is 15.9. The van der Waals surface area contributed by atoms with Crippen LogP contribution in [0, 0.1) is 24.2 Å². The lowest BCUT2D eigenvalue weighted by atomic mass is 10.0. The molecule has 0 saturated carbocycles. The second-order valence-electron chi connectivity index (χ2n) is 6.93. The molecule has 1 saturated heterocycles. The molecule has 1 aromatic carbocycles. The summed E-state index contributed by atoms with van der Waals surface area (Å²) in [6, 6.07) is 7.20. The molecule has 0 radical (unpaired) electrons. The van der Waals surface area contributed by atoms with Crippen LogP contribution in [-0.2, 0) is 0 Å². The third-order valence-corrected chi connectivity index (χ3v) is 6.00. The fraction of sp³-hybridized carbons (Fsp3) is 0.556. The monoisotopic (exact) mass is 347 g/mol. The minimum atomic E-state index is -0.481. The Balaban J connectivity index is 2.33. The normalized spacial score (nSPS) is 22.3.